The number of carboxylic acid groups (broad SMARTS) is 1. The zero-order valence-electron chi connectivity index (χ0n) is 16.7. The van der Waals surface area contributed by atoms with Gasteiger partial charge in [-0.2, -0.15) is 0 Å². The highest BCUT2D eigenvalue weighted by molar-refractivity contribution is 6.04. The van der Waals surface area contributed by atoms with Crippen LogP contribution in [0.4, 0.5) is 5.69 Å². The summed E-state index contributed by atoms with van der Waals surface area (Å²) in [5.41, 5.74) is 3.74. The quantitative estimate of drug-likeness (QED) is 0.497. The molecule has 0 saturated carbocycles. The first kappa shape index (κ1) is 20.1. The van der Waals surface area contributed by atoms with E-state index in [9.17, 15) is 14.4 Å². The van der Waals surface area contributed by atoms with Crippen LogP contribution in [0.5, 0.6) is 0 Å². The van der Waals surface area contributed by atoms with Gasteiger partial charge in [-0.25, -0.2) is 0 Å². The van der Waals surface area contributed by atoms with Gasteiger partial charge in [0.1, 0.15) is 11.3 Å². The largest absolute Gasteiger partial charge is 0.481 e. The second-order valence-corrected chi connectivity index (χ2v) is 7.27. The number of carboxylic acids is 1. The third-order valence-electron chi connectivity index (χ3n) is 4.88. The summed E-state index contributed by atoms with van der Waals surface area (Å²) in [6.07, 6.45) is -0.0693. The summed E-state index contributed by atoms with van der Waals surface area (Å²) >= 11 is 0. The average Bonchev–Trinajstić information content (AvgIpc) is 2.75. The molecule has 0 fully saturated rings. The molecule has 4 rings (SSSR count). The first-order chi connectivity index (χ1) is 14.9. The number of aliphatic carboxylic acids is 1. The van der Waals surface area contributed by atoms with Gasteiger partial charge in [-0.15, -0.1) is 0 Å². The maximum absolute atomic E-state index is 12.5. The van der Waals surface area contributed by atoms with Crippen LogP contribution in [0.15, 0.2) is 82.0 Å². The van der Waals surface area contributed by atoms with E-state index in [2.05, 4.69) is 5.32 Å². The van der Waals surface area contributed by atoms with Crippen LogP contribution in [-0.2, 0) is 11.2 Å². The van der Waals surface area contributed by atoms with E-state index in [4.69, 9.17) is 9.52 Å². The normalized spacial score (nSPS) is 10.7. The van der Waals surface area contributed by atoms with E-state index in [1.54, 1.807) is 60.7 Å². The van der Waals surface area contributed by atoms with Gasteiger partial charge in [-0.1, -0.05) is 35.9 Å². The summed E-state index contributed by atoms with van der Waals surface area (Å²) in [7, 11) is 0. The van der Waals surface area contributed by atoms with Crippen LogP contribution >= 0.6 is 0 Å². The molecule has 0 spiro atoms. The number of fused-ring (bicyclic) bond motifs is 1. The van der Waals surface area contributed by atoms with E-state index >= 15 is 0 Å². The number of anilines is 1. The molecule has 2 N–H and O–H groups in total. The summed E-state index contributed by atoms with van der Waals surface area (Å²) in [5, 5.41) is 12.1. The number of carbonyl (C=O) groups excluding carboxylic acids is 1. The Bertz CT molecular complexity index is 1340. The molecule has 1 amide bonds. The number of aryl methyl sites for hydroxylation is 1. The summed E-state index contributed by atoms with van der Waals surface area (Å²) in [6.45, 7) is 1.92. The minimum absolute atomic E-state index is 0.0693. The third kappa shape index (κ3) is 4.53. The SMILES string of the molecule is Cc1ccc2oc(-c3ccc(C(=O)Nc4ccc(CC(=O)O)cc4)cc3)cc(=O)c2c1. The molecule has 0 aliphatic rings. The van der Waals surface area contributed by atoms with Gasteiger partial charge >= 0.3 is 5.97 Å². The Balaban J connectivity index is 1.52. The molecule has 31 heavy (non-hydrogen) atoms. The van der Waals surface area contributed by atoms with Crippen LogP contribution < -0.4 is 10.7 Å². The van der Waals surface area contributed by atoms with Crippen molar-refractivity contribution in [2.24, 2.45) is 0 Å². The number of carbonyl (C=O) groups is 2. The minimum atomic E-state index is -0.908. The third-order valence-corrected chi connectivity index (χ3v) is 4.88. The topological polar surface area (TPSA) is 96.6 Å². The maximum atomic E-state index is 12.5. The average molecular weight is 413 g/mol. The summed E-state index contributed by atoms with van der Waals surface area (Å²) in [6, 6.07) is 20.3. The monoisotopic (exact) mass is 413 g/mol. The first-order valence-electron chi connectivity index (χ1n) is 9.66. The van der Waals surface area contributed by atoms with Crippen molar-refractivity contribution in [3.8, 4) is 11.3 Å². The number of hydrogen-bond acceptors (Lipinski definition) is 4. The van der Waals surface area contributed by atoms with Crippen molar-refractivity contribution in [2.45, 2.75) is 13.3 Å². The fraction of sp³-hybridized carbons (Fsp3) is 0.0800. The highest BCUT2D eigenvalue weighted by atomic mass is 16.4. The van der Waals surface area contributed by atoms with Crippen molar-refractivity contribution in [2.75, 3.05) is 5.32 Å². The van der Waals surface area contributed by atoms with Crippen molar-refractivity contribution < 1.29 is 19.1 Å². The summed E-state index contributed by atoms with van der Waals surface area (Å²) < 4.78 is 5.88. The number of hydrogen-bond donors (Lipinski definition) is 2. The Morgan fingerprint density at radius 1 is 0.935 bits per heavy atom. The maximum Gasteiger partial charge on any atom is 0.307 e. The van der Waals surface area contributed by atoms with E-state index in [0.717, 1.165) is 5.56 Å². The fourth-order valence-electron chi connectivity index (χ4n) is 3.28. The predicted molar refractivity (Wildman–Crippen MR) is 118 cm³/mol. The lowest BCUT2D eigenvalue weighted by Gasteiger charge is -2.08. The van der Waals surface area contributed by atoms with Gasteiger partial charge in [-0.05, 0) is 48.9 Å². The molecule has 0 unspecified atom stereocenters. The number of amides is 1. The van der Waals surface area contributed by atoms with E-state index in [1.807, 2.05) is 13.0 Å². The van der Waals surface area contributed by atoms with Gasteiger partial charge in [0.25, 0.3) is 5.91 Å². The fourth-order valence-corrected chi connectivity index (χ4v) is 3.28. The summed E-state index contributed by atoms with van der Waals surface area (Å²) in [5.74, 6) is -0.774. The minimum Gasteiger partial charge on any atom is -0.481 e. The second kappa shape index (κ2) is 8.28. The van der Waals surface area contributed by atoms with Crippen molar-refractivity contribution in [3.05, 3.63) is 99.7 Å². The standard InChI is InChI=1S/C25H19NO5/c1-15-2-11-22-20(12-15)21(27)14-23(31-22)17-5-7-18(8-6-17)25(30)26-19-9-3-16(4-10-19)13-24(28)29/h2-12,14H,13H2,1H3,(H,26,30)(H,28,29). The van der Waals surface area contributed by atoms with E-state index < -0.39 is 5.97 Å². The Labute approximate surface area is 177 Å². The number of nitrogens with one attached hydrogen (secondary N) is 1. The van der Waals surface area contributed by atoms with Gasteiger partial charge in [0.2, 0.25) is 0 Å². The molecule has 0 radical (unpaired) electrons. The van der Waals surface area contributed by atoms with Crippen LogP contribution in [0.1, 0.15) is 21.5 Å². The summed E-state index contributed by atoms with van der Waals surface area (Å²) in [4.78, 5) is 35.7. The van der Waals surface area contributed by atoms with Crippen molar-refractivity contribution >= 4 is 28.5 Å². The zero-order valence-corrected chi connectivity index (χ0v) is 16.7. The number of benzene rings is 3. The molecular formula is C25H19NO5. The molecule has 6 heteroatoms. The van der Waals surface area contributed by atoms with Gasteiger partial charge in [0.15, 0.2) is 5.43 Å². The zero-order chi connectivity index (χ0) is 22.0. The highest BCUT2D eigenvalue weighted by Gasteiger charge is 2.10. The molecule has 154 valence electrons. The van der Waals surface area contributed by atoms with Crippen LogP contribution in [0, 0.1) is 6.92 Å². The molecule has 0 atom stereocenters. The lowest BCUT2D eigenvalue weighted by atomic mass is 10.1. The van der Waals surface area contributed by atoms with E-state index in [0.29, 0.717) is 39.1 Å². The number of rotatable bonds is 5. The van der Waals surface area contributed by atoms with Crippen molar-refractivity contribution in [3.63, 3.8) is 0 Å². The second-order valence-electron chi connectivity index (χ2n) is 7.27. The molecule has 0 aliphatic heterocycles. The van der Waals surface area contributed by atoms with Crippen LogP contribution in [0.25, 0.3) is 22.3 Å². The van der Waals surface area contributed by atoms with E-state index in [1.165, 1.54) is 6.07 Å². The van der Waals surface area contributed by atoms with Crippen molar-refractivity contribution in [1.29, 1.82) is 0 Å². The molecule has 0 bridgehead atoms. The van der Waals surface area contributed by atoms with Crippen LogP contribution in [0.3, 0.4) is 0 Å². The molecule has 3 aromatic carbocycles. The van der Waals surface area contributed by atoms with Gasteiger partial charge < -0.3 is 14.8 Å². The molecule has 4 aromatic rings. The lowest BCUT2D eigenvalue weighted by molar-refractivity contribution is -0.136. The lowest BCUT2D eigenvalue weighted by Crippen LogP contribution is -2.11. The molecule has 0 aliphatic carbocycles. The van der Waals surface area contributed by atoms with Gasteiger partial charge in [0, 0.05) is 22.9 Å². The Morgan fingerprint density at radius 2 is 1.65 bits per heavy atom. The Hall–Kier alpha value is -4.19. The predicted octanol–water partition coefficient (Wildman–Crippen LogP) is 4.65. The van der Waals surface area contributed by atoms with E-state index in [-0.39, 0.29) is 17.8 Å². The van der Waals surface area contributed by atoms with Crippen LogP contribution in [-0.4, -0.2) is 17.0 Å². The molecule has 1 aromatic heterocycles. The van der Waals surface area contributed by atoms with Crippen LogP contribution in [0.2, 0.25) is 0 Å². The molecular weight excluding hydrogens is 394 g/mol. The van der Waals surface area contributed by atoms with Gasteiger partial charge in [-0.3, -0.25) is 14.4 Å². The smallest absolute Gasteiger partial charge is 0.307 e. The van der Waals surface area contributed by atoms with Gasteiger partial charge in [0.05, 0.1) is 11.8 Å². The molecule has 0 saturated heterocycles. The molecule has 6 nitrogen and oxygen atoms in total. The highest BCUT2D eigenvalue weighted by Crippen LogP contribution is 2.23. The Kier molecular flexibility index (Phi) is 5.37. The first-order valence-corrected chi connectivity index (χ1v) is 9.66. The Morgan fingerprint density at radius 3 is 2.32 bits per heavy atom. The molecule has 1 heterocycles. The van der Waals surface area contributed by atoms with Crippen molar-refractivity contribution in [1.82, 2.24) is 0 Å².